The fourth-order valence-corrected chi connectivity index (χ4v) is 3.79. The number of nitrogens with one attached hydrogen (secondary N) is 1. The normalized spacial score (nSPS) is 24.2. The standard InChI is InChI=1S/C16H23BrN2/c17-16-11-13(10-15-4-3-7-18-15)5-6-14(16)12-19-8-1-2-9-19/h5-6,11,15,18H,1-4,7-10,12H2. The van der Waals surface area contributed by atoms with E-state index >= 15 is 0 Å². The molecule has 0 spiro atoms. The summed E-state index contributed by atoms with van der Waals surface area (Å²) in [6, 6.07) is 7.64. The molecule has 1 aromatic carbocycles. The molecule has 2 nitrogen and oxygen atoms in total. The largest absolute Gasteiger partial charge is 0.314 e. The summed E-state index contributed by atoms with van der Waals surface area (Å²) in [6.45, 7) is 4.82. The highest BCUT2D eigenvalue weighted by Crippen LogP contribution is 2.23. The van der Waals surface area contributed by atoms with Gasteiger partial charge in [-0.15, -0.1) is 0 Å². The molecule has 0 aromatic heterocycles. The smallest absolute Gasteiger partial charge is 0.0244 e. The van der Waals surface area contributed by atoms with E-state index in [1.165, 1.54) is 67.3 Å². The molecule has 1 atom stereocenters. The molecule has 0 amide bonds. The Kier molecular flexibility index (Phi) is 4.57. The van der Waals surface area contributed by atoms with Crippen LogP contribution in [0.1, 0.15) is 36.8 Å². The van der Waals surface area contributed by atoms with Crippen molar-refractivity contribution in [3.63, 3.8) is 0 Å². The van der Waals surface area contributed by atoms with Crippen molar-refractivity contribution in [3.05, 3.63) is 33.8 Å². The van der Waals surface area contributed by atoms with Gasteiger partial charge in [-0.1, -0.05) is 28.1 Å². The summed E-state index contributed by atoms with van der Waals surface area (Å²) in [5, 5.41) is 3.57. The predicted molar refractivity (Wildman–Crippen MR) is 83.4 cm³/mol. The van der Waals surface area contributed by atoms with Crippen LogP contribution in [0.2, 0.25) is 0 Å². The van der Waals surface area contributed by atoms with Crippen LogP contribution in [0.15, 0.2) is 22.7 Å². The van der Waals surface area contributed by atoms with Crippen molar-refractivity contribution >= 4 is 15.9 Å². The second-order valence-electron chi connectivity index (χ2n) is 5.91. The van der Waals surface area contributed by atoms with E-state index in [2.05, 4.69) is 44.3 Å². The molecule has 2 aliphatic heterocycles. The summed E-state index contributed by atoms with van der Waals surface area (Å²) in [6.07, 6.45) is 6.56. The highest BCUT2D eigenvalue weighted by molar-refractivity contribution is 9.10. The molecular weight excluding hydrogens is 300 g/mol. The first-order chi connectivity index (χ1) is 9.31. The third-order valence-corrected chi connectivity index (χ3v) is 5.09. The number of likely N-dealkylation sites (tertiary alicyclic amines) is 1. The summed E-state index contributed by atoms with van der Waals surface area (Å²) in [7, 11) is 0. The van der Waals surface area contributed by atoms with Crippen LogP contribution in [0.4, 0.5) is 0 Å². The van der Waals surface area contributed by atoms with E-state index in [0.717, 1.165) is 6.54 Å². The lowest BCUT2D eigenvalue weighted by molar-refractivity contribution is 0.331. The van der Waals surface area contributed by atoms with Crippen LogP contribution in [-0.2, 0) is 13.0 Å². The molecule has 0 aliphatic carbocycles. The summed E-state index contributed by atoms with van der Waals surface area (Å²) in [5.74, 6) is 0. The Morgan fingerprint density at radius 1 is 1.21 bits per heavy atom. The molecular formula is C16H23BrN2. The van der Waals surface area contributed by atoms with Crippen LogP contribution in [0.5, 0.6) is 0 Å². The van der Waals surface area contributed by atoms with Gasteiger partial charge in [0.05, 0.1) is 0 Å². The van der Waals surface area contributed by atoms with Gasteiger partial charge < -0.3 is 5.32 Å². The SMILES string of the molecule is Brc1cc(CC2CCCN2)ccc1CN1CCCC1. The zero-order valence-electron chi connectivity index (χ0n) is 11.5. The summed E-state index contributed by atoms with van der Waals surface area (Å²) in [4.78, 5) is 2.55. The number of hydrogen-bond acceptors (Lipinski definition) is 2. The van der Waals surface area contributed by atoms with Crippen molar-refractivity contribution in [3.8, 4) is 0 Å². The maximum absolute atomic E-state index is 3.76. The number of hydrogen-bond donors (Lipinski definition) is 1. The first-order valence-corrected chi connectivity index (χ1v) is 8.33. The topological polar surface area (TPSA) is 15.3 Å². The highest BCUT2D eigenvalue weighted by atomic mass is 79.9. The first-order valence-electron chi connectivity index (χ1n) is 7.54. The molecule has 3 heteroatoms. The predicted octanol–water partition coefficient (Wildman–Crippen LogP) is 3.34. The maximum atomic E-state index is 3.76. The minimum atomic E-state index is 0.691. The number of nitrogens with zero attached hydrogens (tertiary/aromatic N) is 1. The van der Waals surface area contributed by atoms with Gasteiger partial charge in [0.1, 0.15) is 0 Å². The van der Waals surface area contributed by atoms with Crippen molar-refractivity contribution in [2.75, 3.05) is 19.6 Å². The summed E-state index contributed by atoms with van der Waals surface area (Å²) < 4.78 is 1.29. The second kappa shape index (κ2) is 6.38. The van der Waals surface area contributed by atoms with E-state index in [1.54, 1.807) is 0 Å². The van der Waals surface area contributed by atoms with Gasteiger partial charge in [-0.2, -0.15) is 0 Å². The van der Waals surface area contributed by atoms with Crippen molar-refractivity contribution in [1.29, 1.82) is 0 Å². The average molecular weight is 323 g/mol. The van der Waals surface area contributed by atoms with Gasteiger partial charge in [-0.05, 0) is 68.9 Å². The molecule has 2 heterocycles. The fourth-order valence-electron chi connectivity index (χ4n) is 3.24. The number of benzene rings is 1. The van der Waals surface area contributed by atoms with Crippen molar-refractivity contribution in [2.45, 2.75) is 44.7 Å². The van der Waals surface area contributed by atoms with E-state index in [1.807, 2.05) is 0 Å². The summed E-state index contributed by atoms with van der Waals surface area (Å²) in [5.41, 5.74) is 2.89. The number of rotatable bonds is 4. The Labute approximate surface area is 124 Å². The van der Waals surface area contributed by atoms with Crippen LogP contribution < -0.4 is 5.32 Å². The van der Waals surface area contributed by atoms with E-state index in [9.17, 15) is 0 Å². The minimum Gasteiger partial charge on any atom is -0.314 e. The van der Waals surface area contributed by atoms with E-state index in [0.29, 0.717) is 6.04 Å². The highest BCUT2D eigenvalue weighted by Gasteiger charge is 2.16. The third-order valence-electron chi connectivity index (χ3n) is 4.35. The van der Waals surface area contributed by atoms with Crippen LogP contribution in [0.25, 0.3) is 0 Å². The molecule has 2 saturated heterocycles. The lowest BCUT2D eigenvalue weighted by Gasteiger charge is -2.17. The molecule has 3 rings (SSSR count). The molecule has 0 saturated carbocycles. The third kappa shape index (κ3) is 3.59. The van der Waals surface area contributed by atoms with Crippen LogP contribution in [0.3, 0.4) is 0 Å². The Balaban J connectivity index is 1.63. The quantitative estimate of drug-likeness (QED) is 0.914. The van der Waals surface area contributed by atoms with Crippen molar-refractivity contribution in [2.24, 2.45) is 0 Å². The molecule has 1 N–H and O–H groups in total. The van der Waals surface area contributed by atoms with E-state index < -0.39 is 0 Å². The molecule has 0 radical (unpaired) electrons. The fraction of sp³-hybridized carbons (Fsp3) is 0.625. The van der Waals surface area contributed by atoms with Gasteiger partial charge in [0.25, 0.3) is 0 Å². The zero-order valence-corrected chi connectivity index (χ0v) is 13.1. The van der Waals surface area contributed by atoms with Gasteiger partial charge >= 0.3 is 0 Å². The van der Waals surface area contributed by atoms with Crippen molar-refractivity contribution < 1.29 is 0 Å². The molecule has 104 valence electrons. The monoisotopic (exact) mass is 322 g/mol. The Bertz CT molecular complexity index is 421. The Morgan fingerprint density at radius 3 is 2.74 bits per heavy atom. The average Bonchev–Trinajstić information content (AvgIpc) is 3.05. The van der Waals surface area contributed by atoms with Crippen LogP contribution in [-0.4, -0.2) is 30.6 Å². The Morgan fingerprint density at radius 2 is 2.05 bits per heavy atom. The first kappa shape index (κ1) is 13.6. The van der Waals surface area contributed by atoms with E-state index in [4.69, 9.17) is 0 Å². The molecule has 1 unspecified atom stereocenters. The minimum absolute atomic E-state index is 0.691. The molecule has 19 heavy (non-hydrogen) atoms. The second-order valence-corrected chi connectivity index (χ2v) is 6.76. The van der Waals surface area contributed by atoms with Gasteiger partial charge in [0.15, 0.2) is 0 Å². The van der Waals surface area contributed by atoms with Gasteiger partial charge in [0, 0.05) is 17.1 Å². The number of halogens is 1. The zero-order chi connectivity index (χ0) is 13.1. The summed E-state index contributed by atoms with van der Waals surface area (Å²) >= 11 is 3.76. The van der Waals surface area contributed by atoms with Gasteiger partial charge in [0.2, 0.25) is 0 Å². The lowest BCUT2D eigenvalue weighted by atomic mass is 10.0. The molecule has 2 aliphatic rings. The van der Waals surface area contributed by atoms with Crippen molar-refractivity contribution in [1.82, 2.24) is 10.2 Å². The molecule has 2 fully saturated rings. The van der Waals surface area contributed by atoms with E-state index in [-0.39, 0.29) is 0 Å². The van der Waals surface area contributed by atoms with Crippen LogP contribution >= 0.6 is 15.9 Å². The van der Waals surface area contributed by atoms with Gasteiger partial charge in [-0.3, -0.25) is 4.90 Å². The molecule has 0 bridgehead atoms. The maximum Gasteiger partial charge on any atom is 0.0244 e. The lowest BCUT2D eigenvalue weighted by Crippen LogP contribution is -2.23. The Hall–Kier alpha value is -0.380. The van der Waals surface area contributed by atoms with Gasteiger partial charge in [-0.25, -0.2) is 0 Å². The van der Waals surface area contributed by atoms with Crippen LogP contribution in [0, 0.1) is 0 Å². The molecule has 1 aromatic rings.